The first-order chi connectivity index (χ1) is 12.4. The molecule has 2 aromatic carbocycles. The van der Waals surface area contributed by atoms with Crippen LogP contribution in [0.25, 0.3) is 33.1 Å². The van der Waals surface area contributed by atoms with E-state index in [1.807, 2.05) is 41.0 Å². The number of hydrogen-bond donors (Lipinski definition) is 0. The molecule has 4 aromatic rings. The summed E-state index contributed by atoms with van der Waals surface area (Å²) in [6.07, 6.45) is 0. The maximum absolute atomic E-state index is 13.2. The Balaban J connectivity index is 1.98. The largest absolute Gasteiger partial charge is 0.302 e. The molecule has 0 spiro atoms. The van der Waals surface area contributed by atoms with E-state index in [9.17, 15) is 4.79 Å². The van der Waals surface area contributed by atoms with Crippen LogP contribution in [0, 0.1) is 0 Å². The van der Waals surface area contributed by atoms with E-state index in [0.29, 0.717) is 6.54 Å². The van der Waals surface area contributed by atoms with Crippen molar-refractivity contribution in [2.45, 2.75) is 26.2 Å². The van der Waals surface area contributed by atoms with Crippen LogP contribution in [0.5, 0.6) is 0 Å². The predicted octanol–water partition coefficient (Wildman–Crippen LogP) is 4.12. The van der Waals surface area contributed by atoms with Crippen LogP contribution in [-0.2, 0) is 6.54 Å². The highest BCUT2D eigenvalue weighted by molar-refractivity contribution is 6.91. The Labute approximate surface area is 152 Å². The maximum Gasteiger partial charge on any atom is 0.259 e. The quantitative estimate of drug-likeness (QED) is 0.423. The molecule has 0 amide bonds. The fourth-order valence-electron chi connectivity index (χ4n) is 4.21. The summed E-state index contributed by atoms with van der Waals surface area (Å²) in [4.78, 5) is 18.2. The molecule has 0 fully saturated rings. The Hall–Kier alpha value is -2.72. The van der Waals surface area contributed by atoms with Crippen LogP contribution in [0.3, 0.4) is 0 Å². The summed E-state index contributed by atoms with van der Waals surface area (Å²) in [5.41, 5.74) is 4.27. The molecule has 1 aliphatic heterocycles. The number of aromatic nitrogens is 2. The molecule has 5 rings (SSSR count). The van der Waals surface area contributed by atoms with Crippen molar-refractivity contribution >= 4 is 34.9 Å². The average molecular weight is 357 g/mol. The second-order valence-electron chi connectivity index (χ2n) is 8.10. The minimum atomic E-state index is -1.71. The highest BCUT2D eigenvalue weighted by Gasteiger charge is 2.32. The molecule has 3 heterocycles. The molecule has 0 N–H and O–H groups in total. The summed E-state index contributed by atoms with van der Waals surface area (Å²) in [7, 11) is -1.71. The van der Waals surface area contributed by atoms with Crippen LogP contribution in [-0.4, -0.2) is 17.6 Å². The highest BCUT2D eigenvalue weighted by atomic mass is 28.3. The zero-order chi connectivity index (χ0) is 18.1. The molecular formula is C22H20N2OSi. The van der Waals surface area contributed by atoms with Gasteiger partial charge in [-0.05, 0) is 28.8 Å². The fraction of sp³-hybridized carbons (Fsp3) is 0.182. The smallest absolute Gasteiger partial charge is 0.259 e. The second-order valence-corrected chi connectivity index (χ2v) is 13.1. The van der Waals surface area contributed by atoms with Crippen molar-refractivity contribution in [1.29, 1.82) is 0 Å². The van der Waals surface area contributed by atoms with Crippen molar-refractivity contribution in [3.8, 4) is 11.4 Å². The van der Waals surface area contributed by atoms with Gasteiger partial charge in [-0.25, -0.2) is 4.98 Å². The molecule has 4 heteroatoms. The summed E-state index contributed by atoms with van der Waals surface area (Å²) in [5.74, 6) is 0. The number of hydrogen-bond acceptors (Lipinski definition) is 2. The number of para-hydroxylation sites is 1. The van der Waals surface area contributed by atoms with Gasteiger partial charge in [-0.1, -0.05) is 56.0 Å². The molecule has 1 aliphatic rings. The third-order valence-corrected chi connectivity index (χ3v) is 7.29. The Morgan fingerprint density at radius 3 is 2.42 bits per heavy atom. The first-order valence-corrected chi connectivity index (χ1v) is 12.5. The van der Waals surface area contributed by atoms with Crippen molar-refractivity contribution in [3.63, 3.8) is 0 Å². The molecule has 0 saturated heterocycles. The van der Waals surface area contributed by atoms with E-state index in [1.54, 1.807) is 0 Å². The fourth-order valence-corrected chi connectivity index (χ4v) is 6.20. The van der Waals surface area contributed by atoms with Crippen LogP contribution < -0.4 is 10.7 Å². The summed E-state index contributed by atoms with van der Waals surface area (Å²) in [6.45, 7) is 7.65. The summed E-state index contributed by atoms with van der Waals surface area (Å²) in [5, 5.41) is 4.40. The lowest BCUT2D eigenvalue weighted by Gasteiger charge is -2.23. The highest BCUT2D eigenvalue weighted by Crippen LogP contribution is 2.33. The molecule has 2 aromatic heterocycles. The summed E-state index contributed by atoms with van der Waals surface area (Å²) < 4.78 is 1.95. The number of nitrogens with zero attached hydrogens (tertiary/aromatic N) is 2. The molecule has 26 heavy (non-hydrogen) atoms. The predicted molar refractivity (Wildman–Crippen MR) is 111 cm³/mol. The van der Waals surface area contributed by atoms with Crippen molar-refractivity contribution < 1.29 is 0 Å². The molecular weight excluding hydrogens is 336 g/mol. The first kappa shape index (κ1) is 15.5. The van der Waals surface area contributed by atoms with Crippen LogP contribution in [0.2, 0.25) is 19.6 Å². The van der Waals surface area contributed by atoms with Gasteiger partial charge in [-0.2, -0.15) is 0 Å². The van der Waals surface area contributed by atoms with Gasteiger partial charge in [-0.3, -0.25) is 4.79 Å². The zero-order valence-electron chi connectivity index (χ0n) is 15.2. The Morgan fingerprint density at radius 2 is 1.65 bits per heavy atom. The standard InChI is InChI=1S/C22H20N2OSi/c1-26(2,3)21-16-9-5-6-10-17(16)22(25)24-13-15-12-14-8-4-7-11-18(14)23-19(15)20(21)24/h4-12H,13H2,1-3H3. The van der Waals surface area contributed by atoms with E-state index in [2.05, 4.69) is 37.8 Å². The van der Waals surface area contributed by atoms with Gasteiger partial charge >= 0.3 is 0 Å². The number of pyridine rings is 2. The van der Waals surface area contributed by atoms with Gasteiger partial charge < -0.3 is 4.57 Å². The van der Waals surface area contributed by atoms with E-state index >= 15 is 0 Å². The van der Waals surface area contributed by atoms with Crippen molar-refractivity contribution in [2.75, 3.05) is 0 Å². The van der Waals surface area contributed by atoms with Crippen LogP contribution >= 0.6 is 0 Å². The van der Waals surface area contributed by atoms with Crippen molar-refractivity contribution in [3.05, 3.63) is 70.5 Å². The Morgan fingerprint density at radius 1 is 0.962 bits per heavy atom. The normalized spacial score (nSPS) is 13.2. The SMILES string of the molecule is C[Si](C)(C)c1c2n(c(=O)c3ccccc13)Cc1cc3ccccc3nc1-2. The monoisotopic (exact) mass is 356 g/mol. The lowest BCUT2D eigenvalue weighted by atomic mass is 10.1. The van der Waals surface area contributed by atoms with Crippen LogP contribution in [0.4, 0.5) is 0 Å². The molecule has 0 atom stereocenters. The van der Waals surface area contributed by atoms with Gasteiger partial charge in [0.15, 0.2) is 0 Å². The zero-order valence-corrected chi connectivity index (χ0v) is 16.2. The molecule has 0 unspecified atom stereocenters. The van der Waals surface area contributed by atoms with Crippen LogP contribution in [0.1, 0.15) is 5.56 Å². The number of rotatable bonds is 1. The summed E-state index contributed by atoms with van der Waals surface area (Å²) in [6, 6.07) is 18.4. The second kappa shape index (κ2) is 5.14. The third kappa shape index (κ3) is 2.05. The third-order valence-electron chi connectivity index (χ3n) is 5.28. The first-order valence-electron chi connectivity index (χ1n) is 9.00. The minimum absolute atomic E-state index is 0.0969. The molecule has 0 radical (unpaired) electrons. The van der Waals surface area contributed by atoms with Crippen molar-refractivity contribution in [1.82, 2.24) is 9.55 Å². The molecule has 0 saturated carbocycles. The summed E-state index contributed by atoms with van der Waals surface area (Å²) >= 11 is 0. The van der Waals surface area contributed by atoms with Gasteiger partial charge in [0.1, 0.15) is 0 Å². The maximum atomic E-state index is 13.2. The van der Waals surface area contributed by atoms with E-state index < -0.39 is 8.07 Å². The van der Waals surface area contributed by atoms with E-state index in [-0.39, 0.29) is 5.56 Å². The molecule has 128 valence electrons. The topological polar surface area (TPSA) is 34.9 Å². The van der Waals surface area contributed by atoms with Gasteiger partial charge in [0, 0.05) is 16.3 Å². The lowest BCUT2D eigenvalue weighted by Crippen LogP contribution is -2.43. The number of benzene rings is 2. The Kier molecular flexibility index (Phi) is 3.07. The lowest BCUT2D eigenvalue weighted by molar-refractivity contribution is 0.815. The van der Waals surface area contributed by atoms with Gasteiger partial charge in [0.25, 0.3) is 5.56 Å². The van der Waals surface area contributed by atoms with Gasteiger partial charge in [0.05, 0.1) is 31.5 Å². The van der Waals surface area contributed by atoms with Gasteiger partial charge in [0.2, 0.25) is 0 Å². The van der Waals surface area contributed by atoms with Crippen LogP contribution in [0.15, 0.2) is 59.4 Å². The van der Waals surface area contributed by atoms with Crippen molar-refractivity contribution in [2.24, 2.45) is 0 Å². The average Bonchev–Trinajstić information content (AvgIpc) is 2.97. The number of fused-ring (bicyclic) bond motifs is 5. The van der Waals surface area contributed by atoms with E-state index in [4.69, 9.17) is 4.98 Å². The minimum Gasteiger partial charge on any atom is -0.302 e. The van der Waals surface area contributed by atoms with E-state index in [0.717, 1.165) is 38.6 Å². The molecule has 0 bridgehead atoms. The molecule has 3 nitrogen and oxygen atoms in total. The van der Waals surface area contributed by atoms with Gasteiger partial charge in [-0.15, -0.1) is 0 Å². The van der Waals surface area contributed by atoms with E-state index in [1.165, 1.54) is 5.19 Å². The molecule has 0 aliphatic carbocycles. The Bertz CT molecular complexity index is 1270.